The molecule has 1 aromatic carbocycles. The van der Waals surface area contributed by atoms with Gasteiger partial charge in [0.05, 0.1) is 17.3 Å². The van der Waals surface area contributed by atoms with Crippen LogP contribution in [0.3, 0.4) is 0 Å². The quantitative estimate of drug-likeness (QED) is 0.328. The molecule has 5 N–H and O–H groups in total. The fraction of sp³-hybridized carbons (Fsp3) is 0.375. The molecule has 0 aliphatic carbocycles. The Balaban J connectivity index is 0.000000393. The van der Waals surface area contributed by atoms with Gasteiger partial charge in [-0.05, 0) is 44.4 Å². The van der Waals surface area contributed by atoms with Crippen LogP contribution in [-0.2, 0) is 30.1 Å². The van der Waals surface area contributed by atoms with Crippen LogP contribution < -0.4 is 5.32 Å². The second-order valence-corrected chi connectivity index (χ2v) is 8.84. The number of carboxylic acids is 4. The van der Waals surface area contributed by atoms with E-state index in [1.807, 2.05) is 6.92 Å². The molecular weight excluding hydrogens is 545 g/mol. The van der Waals surface area contributed by atoms with Crippen molar-refractivity contribution in [2.75, 3.05) is 13.6 Å². The first-order chi connectivity index (χ1) is 18.5. The summed E-state index contributed by atoms with van der Waals surface area (Å²) in [6.45, 7) is 2.56. The summed E-state index contributed by atoms with van der Waals surface area (Å²) in [5.41, 5.74) is 0.683. The Bertz CT molecular complexity index is 1250. The number of carbonyl (C=O) groups excluding carboxylic acids is 1. The van der Waals surface area contributed by atoms with Gasteiger partial charge in [-0.15, -0.1) is 0 Å². The number of aryl methyl sites for hydroxylation is 1. The largest absolute Gasteiger partial charge is 0.473 e. The van der Waals surface area contributed by atoms with Gasteiger partial charge < -0.3 is 25.3 Å². The number of carboxylic acid groups (broad SMARTS) is 4. The summed E-state index contributed by atoms with van der Waals surface area (Å²) in [5, 5.41) is 33.0. The number of aromatic nitrogens is 2. The third kappa shape index (κ3) is 7.95. The first-order valence-electron chi connectivity index (χ1n) is 11.5. The zero-order valence-electron chi connectivity index (χ0n) is 21.1. The minimum Gasteiger partial charge on any atom is -0.473 e. The smallest absolute Gasteiger partial charge is 0.416 e. The number of halogens is 3. The van der Waals surface area contributed by atoms with Crippen LogP contribution in [0.15, 0.2) is 30.3 Å². The Kier molecular flexibility index (Phi) is 9.88. The number of hydrogen-bond acceptors (Lipinski definition) is 8. The lowest BCUT2D eigenvalue weighted by Crippen LogP contribution is -2.47. The Morgan fingerprint density at radius 3 is 1.90 bits per heavy atom. The normalized spacial score (nSPS) is 19.8. The predicted molar refractivity (Wildman–Crippen MR) is 128 cm³/mol. The van der Waals surface area contributed by atoms with Crippen LogP contribution >= 0.6 is 0 Å². The van der Waals surface area contributed by atoms with E-state index in [0.717, 1.165) is 43.6 Å². The maximum atomic E-state index is 12.8. The molecule has 2 fully saturated rings. The van der Waals surface area contributed by atoms with E-state index in [2.05, 4.69) is 15.3 Å². The molecule has 2 aliphatic rings. The van der Waals surface area contributed by atoms with E-state index in [1.54, 1.807) is 18.0 Å². The second kappa shape index (κ2) is 12.5. The minimum atomic E-state index is -4.37. The average molecular weight is 570 g/mol. The highest BCUT2D eigenvalue weighted by atomic mass is 19.4. The van der Waals surface area contributed by atoms with Crippen molar-refractivity contribution in [3.05, 3.63) is 47.4 Å². The zero-order valence-corrected chi connectivity index (χ0v) is 21.1. The van der Waals surface area contributed by atoms with Crippen molar-refractivity contribution in [1.82, 2.24) is 20.2 Å². The lowest BCUT2D eigenvalue weighted by atomic mass is 9.96. The van der Waals surface area contributed by atoms with Crippen molar-refractivity contribution in [2.45, 2.75) is 43.9 Å². The first-order valence-corrected chi connectivity index (χ1v) is 11.5. The fourth-order valence-corrected chi connectivity index (χ4v) is 4.09. The number of amides is 1. The van der Waals surface area contributed by atoms with Crippen LogP contribution in [0.25, 0.3) is 11.3 Å². The van der Waals surface area contributed by atoms with Crippen LogP contribution in [-0.4, -0.2) is 84.2 Å². The third-order valence-electron chi connectivity index (χ3n) is 6.00. The van der Waals surface area contributed by atoms with Gasteiger partial charge in [-0.2, -0.15) is 13.2 Å². The van der Waals surface area contributed by atoms with Crippen molar-refractivity contribution in [3.8, 4) is 11.3 Å². The van der Waals surface area contributed by atoms with Crippen molar-refractivity contribution < 1.29 is 57.6 Å². The van der Waals surface area contributed by atoms with Gasteiger partial charge in [0.1, 0.15) is 11.4 Å². The molecule has 2 aromatic rings. The monoisotopic (exact) mass is 570 g/mol. The molecule has 0 radical (unpaired) electrons. The molecule has 1 amide bonds. The third-order valence-corrected chi connectivity index (χ3v) is 6.00. The van der Waals surface area contributed by atoms with E-state index in [-0.39, 0.29) is 11.9 Å². The number of carbonyl (C=O) groups is 5. The molecule has 2 saturated heterocycles. The highest BCUT2D eigenvalue weighted by Gasteiger charge is 2.50. The van der Waals surface area contributed by atoms with E-state index < -0.39 is 41.2 Å². The lowest BCUT2D eigenvalue weighted by Gasteiger charge is -2.23. The Morgan fingerprint density at radius 1 is 0.950 bits per heavy atom. The van der Waals surface area contributed by atoms with Gasteiger partial charge in [-0.25, -0.2) is 29.1 Å². The Hall–Kier alpha value is -4.60. The van der Waals surface area contributed by atoms with Gasteiger partial charge in [0.15, 0.2) is 0 Å². The van der Waals surface area contributed by atoms with Crippen molar-refractivity contribution in [2.24, 2.45) is 0 Å². The summed E-state index contributed by atoms with van der Waals surface area (Å²) >= 11 is 0. The number of rotatable bonds is 2. The second-order valence-electron chi connectivity index (χ2n) is 8.84. The van der Waals surface area contributed by atoms with Crippen molar-refractivity contribution in [1.29, 1.82) is 0 Å². The zero-order chi connectivity index (χ0) is 30.4. The summed E-state index contributed by atoms with van der Waals surface area (Å²) in [4.78, 5) is 59.8. The molecule has 216 valence electrons. The SMILES string of the molecule is Cc1cc(-c2ccc(C(F)(F)F)cc2)nc([C@H]2CC[C@@]3(CCN(C)C3=O)N2)n1.O=C(O)C(=O)O.O=C(O)C(=O)O. The van der Waals surface area contributed by atoms with Crippen molar-refractivity contribution >= 4 is 29.8 Å². The van der Waals surface area contributed by atoms with Gasteiger partial charge in [0, 0.05) is 24.8 Å². The highest BCUT2D eigenvalue weighted by Crippen LogP contribution is 2.38. The molecule has 1 spiro atoms. The number of benzene rings is 1. The van der Waals surface area contributed by atoms with E-state index in [9.17, 15) is 18.0 Å². The van der Waals surface area contributed by atoms with E-state index in [4.69, 9.17) is 39.6 Å². The van der Waals surface area contributed by atoms with E-state index in [0.29, 0.717) is 17.1 Å². The number of nitrogens with one attached hydrogen (secondary N) is 1. The maximum absolute atomic E-state index is 12.8. The topological polar surface area (TPSA) is 207 Å². The summed E-state index contributed by atoms with van der Waals surface area (Å²) in [7, 11) is 1.80. The van der Waals surface area contributed by atoms with Gasteiger partial charge in [-0.1, -0.05) is 12.1 Å². The lowest BCUT2D eigenvalue weighted by molar-refractivity contribution is -0.159. The molecule has 40 heavy (non-hydrogen) atoms. The molecule has 4 rings (SSSR count). The molecule has 0 bridgehead atoms. The number of alkyl halides is 3. The van der Waals surface area contributed by atoms with Crippen LogP contribution in [0.5, 0.6) is 0 Å². The highest BCUT2D eigenvalue weighted by molar-refractivity contribution is 6.27. The standard InChI is InChI=1S/C20H21F3N4O.2C2H2O4/c1-12-11-16(13-3-5-14(6-4-13)20(21,22)23)25-17(24-12)15-7-8-19(26-15)9-10-27(2)18(19)28;2*3-1(4)2(5)6/h3-6,11,15,26H,7-10H2,1-2H3;2*(H,3,4)(H,5,6)/t15-,19+;;/m1../s1. The molecule has 1 aromatic heterocycles. The number of likely N-dealkylation sites (N-methyl/N-ethyl adjacent to an activating group) is 1. The number of hydrogen-bond donors (Lipinski definition) is 5. The first kappa shape index (κ1) is 31.6. The van der Waals surface area contributed by atoms with Crippen LogP contribution in [0.4, 0.5) is 13.2 Å². The average Bonchev–Trinajstić information content (AvgIpc) is 3.43. The molecule has 0 unspecified atom stereocenters. The van der Waals surface area contributed by atoms with Crippen molar-refractivity contribution in [3.63, 3.8) is 0 Å². The molecule has 2 aliphatic heterocycles. The van der Waals surface area contributed by atoms with E-state index in [1.165, 1.54) is 12.1 Å². The number of aliphatic carboxylic acids is 4. The summed E-state index contributed by atoms with van der Waals surface area (Å²) < 4.78 is 38.4. The van der Waals surface area contributed by atoms with E-state index >= 15 is 0 Å². The summed E-state index contributed by atoms with van der Waals surface area (Å²) in [5.74, 6) is -6.62. The summed E-state index contributed by atoms with van der Waals surface area (Å²) in [6.07, 6.45) is -2.13. The van der Waals surface area contributed by atoms with Gasteiger partial charge in [0.2, 0.25) is 5.91 Å². The Labute approximate surface area is 224 Å². The van der Waals surface area contributed by atoms with Gasteiger partial charge in [0.25, 0.3) is 0 Å². The molecule has 0 saturated carbocycles. The minimum absolute atomic E-state index is 0.102. The van der Waals surface area contributed by atoms with Crippen LogP contribution in [0.2, 0.25) is 0 Å². The number of nitrogens with zero attached hydrogens (tertiary/aromatic N) is 3. The Morgan fingerprint density at radius 2 is 1.48 bits per heavy atom. The molecular formula is C24H25F3N4O9. The fourth-order valence-electron chi connectivity index (χ4n) is 4.09. The van der Waals surface area contributed by atoms with Crippen LogP contribution in [0, 0.1) is 6.92 Å². The van der Waals surface area contributed by atoms with Crippen LogP contribution in [0.1, 0.15) is 42.4 Å². The molecule has 16 heteroatoms. The maximum Gasteiger partial charge on any atom is 0.416 e. The van der Waals surface area contributed by atoms with Gasteiger partial charge in [-0.3, -0.25) is 10.1 Å². The molecule has 13 nitrogen and oxygen atoms in total. The van der Waals surface area contributed by atoms with Gasteiger partial charge >= 0.3 is 30.1 Å². The molecule has 3 heterocycles. The number of likely N-dealkylation sites (tertiary alicyclic amines) is 1. The summed E-state index contributed by atoms with van der Waals surface area (Å²) in [6, 6.07) is 6.57. The predicted octanol–water partition coefficient (Wildman–Crippen LogP) is 1.81. The molecule has 2 atom stereocenters.